The molecule has 2 heterocycles. The maximum Gasteiger partial charge on any atom is 0.0349 e. The van der Waals surface area contributed by atoms with Gasteiger partial charge < -0.3 is 0 Å². The largest absolute Gasteiger partial charge is 0.264 e. The molecule has 0 bridgehead atoms. The molecule has 2 heteroatoms. The number of fused-ring (bicyclic) bond motifs is 1. The second-order valence-electron chi connectivity index (χ2n) is 3.29. The summed E-state index contributed by atoms with van der Waals surface area (Å²) < 4.78 is 1.30. The van der Waals surface area contributed by atoms with Crippen molar-refractivity contribution in [3.05, 3.63) is 54.2 Å². The predicted octanol–water partition coefficient (Wildman–Crippen LogP) is 3.76. The van der Waals surface area contributed by atoms with Gasteiger partial charge >= 0.3 is 0 Å². The molecule has 1 nitrogen and oxygen atoms in total. The van der Waals surface area contributed by atoms with E-state index in [9.17, 15) is 0 Å². The van der Waals surface area contributed by atoms with Crippen LogP contribution in [0.5, 0.6) is 0 Å². The zero-order valence-electron chi connectivity index (χ0n) is 7.97. The third-order valence-electron chi connectivity index (χ3n) is 2.38. The fourth-order valence-electron chi connectivity index (χ4n) is 1.68. The van der Waals surface area contributed by atoms with Crippen molar-refractivity contribution in [2.45, 2.75) is 0 Å². The van der Waals surface area contributed by atoms with Crippen LogP contribution in [0, 0.1) is 6.07 Å². The van der Waals surface area contributed by atoms with E-state index in [-0.39, 0.29) is 0 Å². The Labute approximate surface area is 92.0 Å². The summed E-state index contributed by atoms with van der Waals surface area (Å²) in [5.41, 5.74) is 2.27. The first-order valence-corrected chi connectivity index (χ1v) is 5.61. The first-order valence-electron chi connectivity index (χ1n) is 4.73. The second kappa shape index (κ2) is 3.48. The van der Waals surface area contributed by atoms with Crippen molar-refractivity contribution in [2.24, 2.45) is 0 Å². The molecule has 0 aliphatic rings. The Morgan fingerprint density at radius 2 is 2.20 bits per heavy atom. The molecule has 0 fully saturated rings. The zero-order valence-corrected chi connectivity index (χ0v) is 8.79. The van der Waals surface area contributed by atoms with Crippen molar-refractivity contribution < 1.29 is 0 Å². The van der Waals surface area contributed by atoms with Crippen LogP contribution in [0.3, 0.4) is 0 Å². The Morgan fingerprint density at radius 3 is 3.07 bits per heavy atom. The third kappa shape index (κ3) is 1.43. The number of hydrogen-bond acceptors (Lipinski definition) is 2. The number of thiophene rings is 1. The molecule has 71 valence electrons. The predicted molar refractivity (Wildman–Crippen MR) is 63.9 cm³/mol. The van der Waals surface area contributed by atoms with E-state index in [1.807, 2.05) is 18.3 Å². The summed E-state index contributed by atoms with van der Waals surface area (Å²) in [7, 11) is 0. The number of aromatic nitrogens is 1. The Morgan fingerprint density at radius 1 is 1.20 bits per heavy atom. The molecule has 15 heavy (non-hydrogen) atoms. The summed E-state index contributed by atoms with van der Waals surface area (Å²) in [6.07, 6.45) is 3.67. The zero-order chi connectivity index (χ0) is 10.1. The van der Waals surface area contributed by atoms with Gasteiger partial charge in [-0.2, -0.15) is 0 Å². The fourth-order valence-corrected chi connectivity index (χ4v) is 2.48. The van der Waals surface area contributed by atoms with E-state index in [0.29, 0.717) is 0 Å². The van der Waals surface area contributed by atoms with E-state index in [1.54, 1.807) is 17.5 Å². The van der Waals surface area contributed by atoms with E-state index in [2.05, 4.69) is 34.6 Å². The van der Waals surface area contributed by atoms with Crippen LogP contribution in [0.15, 0.2) is 48.1 Å². The van der Waals surface area contributed by atoms with Gasteiger partial charge in [-0.1, -0.05) is 12.1 Å². The Kier molecular flexibility index (Phi) is 2.00. The molecule has 0 N–H and O–H groups in total. The molecule has 0 amide bonds. The summed E-state index contributed by atoms with van der Waals surface area (Å²) in [5.74, 6) is 0. The topological polar surface area (TPSA) is 12.9 Å². The van der Waals surface area contributed by atoms with Crippen molar-refractivity contribution in [1.82, 2.24) is 4.98 Å². The van der Waals surface area contributed by atoms with Gasteiger partial charge in [0, 0.05) is 28.0 Å². The fraction of sp³-hybridized carbons (Fsp3) is 0. The summed E-state index contributed by atoms with van der Waals surface area (Å²) >= 11 is 1.76. The smallest absolute Gasteiger partial charge is 0.0349 e. The minimum atomic E-state index is 1.13. The first kappa shape index (κ1) is 8.62. The Hall–Kier alpha value is -1.67. The molecule has 1 radical (unpaired) electrons. The summed E-state index contributed by atoms with van der Waals surface area (Å²) in [6.45, 7) is 0. The van der Waals surface area contributed by atoms with E-state index in [1.165, 1.54) is 10.1 Å². The highest BCUT2D eigenvalue weighted by molar-refractivity contribution is 7.17. The summed E-state index contributed by atoms with van der Waals surface area (Å²) in [4.78, 5) is 4.14. The molecule has 3 rings (SSSR count). The van der Waals surface area contributed by atoms with Crippen LogP contribution in [0.4, 0.5) is 0 Å². The van der Waals surface area contributed by atoms with Crippen LogP contribution in [-0.2, 0) is 0 Å². The molecule has 1 aromatic carbocycles. The highest BCUT2D eigenvalue weighted by Crippen LogP contribution is 2.30. The average molecular weight is 210 g/mol. The maximum atomic E-state index is 4.14. The van der Waals surface area contributed by atoms with E-state index < -0.39 is 0 Å². The van der Waals surface area contributed by atoms with Gasteiger partial charge in [-0.05, 0) is 35.2 Å². The minimum Gasteiger partial charge on any atom is -0.264 e. The van der Waals surface area contributed by atoms with Gasteiger partial charge in [-0.25, -0.2) is 0 Å². The molecular weight excluding hydrogens is 202 g/mol. The Bertz CT molecular complexity index is 584. The average Bonchev–Trinajstić information content (AvgIpc) is 2.78. The number of hydrogen-bond donors (Lipinski definition) is 0. The van der Waals surface area contributed by atoms with Crippen LogP contribution in [0.2, 0.25) is 0 Å². The molecule has 0 saturated heterocycles. The lowest BCUT2D eigenvalue weighted by Crippen LogP contribution is -1.79. The van der Waals surface area contributed by atoms with Gasteiger partial charge in [0.1, 0.15) is 0 Å². The minimum absolute atomic E-state index is 1.13. The molecule has 0 unspecified atom stereocenters. The molecule has 2 aromatic heterocycles. The van der Waals surface area contributed by atoms with Crippen molar-refractivity contribution >= 4 is 21.4 Å². The van der Waals surface area contributed by atoms with E-state index >= 15 is 0 Å². The molecule has 0 atom stereocenters. The van der Waals surface area contributed by atoms with Gasteiger partial charge in [0.25, 0.3) is 0 Å². The van der Waals surface area contributed by atoms with E-state index in [4.69, 9.17) is 0 Å². The quantitative estimate of drug-likeness (QED) is 0.596. The Balaban J connectivity index is 2.31. The third-order valence-corrected chi connectivity index (χ3v) is 3.26. The first-order chi connectivity index (χ1) is 7.45. The molecule has 0 saturated carbocycles. The second-order valence-corrected chi connectivity index (χ2v) is 4.24. The lowest BCUT2D eigenvalue weighted by atomic mass is 10.0. The molecule has 0 aliphatic carbocycles. The molecular formula is C13H8NS. The van der Waals surface area contributed by atoms with Gasteiger partial charge in [-0.15, -0.1) is 11.3 Å². The van der Waals surface area contributed by atoms with Crippen molar-refractivity contribution in [3.8, 4) is 11.1 Å². The summed E-state index contributed by atoms with van der Waals surface area (Å²) in [6, 6.07) is 13.5. The molecule has 3 aromatic rings. The SMILES string of the molecule is [c]1ccc2sccc2c1-c1cccnc1. The monoisotopic (exact) mass is 210 g/mol. The van der Waals surface area contributed by atoms with Gasteiger partial charge in [-0.3, -0.25) is 4.98 Å². The standard InChI is InChI=1S/C13H8NS/c1-4-11(10-3-2-7-14-9-10)12-6-8-15-13(12)5-1/h1-3,5-9H. The van der Waals surface area contributed by atoms with Crippen molar-refractivity contribution in [3.63, 3.8) is 0 Å². The molecule has 0 spiro atoms. The molecule has 0 aliphatic heterocycles. The number of pyridine rings is 1. The van der Waals surface area contributed by atoms with Crippen LogP contribution in [-0.4, -0.2) is 4.98 Å². The highest BCUT2D eigenvalue weighted by Gasteiger charge is 2.03. The normalized spacial score (nSPS) is 10.7. The number of nitrogens with zero attached hydrogens (tertiary/aromatic N) is 1. The van der Waals surface area contributed by atoms with E-state index in [0.717, 1.165) is 11.1 Å². The number of rotatable bonds is 1. The van der Waals surface area contributed by atoms with Crippen LogP contribution in [0.1, 0.15) is 0 Å². The highest BCUT2D eigenvalue weighted by atomic mass is 32.1. The van der Waals surface area contributed by atoms with Crippen molar-refractivity contribution in [2.75, 3.05) is 0 Å². The summed E-state index contributed by atoms with van der Waals surface area (Å²) in [5, 5.41) is 3.37. The van der Waals surface area contributed by atoms with Gasteiger partial charge in [0.05, 0.1) is 0 Å². The maximum absolute atomic E-state index is 4.14. The lowest BCUT2D eigenvalue weighted by Gasteiger charge is -2.01. The van der Waals surface area contributed by atoms with Crippen LogP contribution in [0.25, 0.3) is 21.2 Å². The van der Waals surface area contributed by atoms with Crippen molar-refractivity contribution in [1.29, 1.82) is 0 Å². The van der Waals surface area contributed by atoms with Crippen LogP contribution >= 0.6 is 11.3 Å². The van der Waals surface area contributed by atoms with Gasteiger partial charge in [0.2, 0.25) is 0 Å². The van der Waals surface area contributed by atoms with Crippen LogP contribution < -0.4 is 0 Å². The number of benzene rings is 1. The lowest BCUT2D eigenvalue weighted by molar-refractivity contribution is 1.33. The van der Waals surface area contributed by atoms with Gasteiger partial charge in [0.15, 0.2) is 0 Å².